The molecule has 0 spiro atoms. The molecule has 0 atom stereocenters. The summed E-state index contributed by atoms with van der Waals surface area (Å²) in [5, 5.41) is 13.3. The maximum Gasteiger partial charge on any atom is 0.303 e. The van der Waals surface area contributed by atoms with Crippen LogP contribution in [0.5, 0.6) is 11.6 Å². The minimum absolute atomic E-state index is 0. The zero-order chi connectivity index (χ0) is 27.9. The number of hydrogen-bond donors (Lipinski definition) is 2. The SMILES string of the molecule is Cl.Cl.O=C(O)CC1CCN(Cc2cc(Oc3cnc(NCc4cccnc4)nc3)nc(-c3cc(Cl)cc(Cl)c3)c2)CC1. The molecule has 0 radical (unpaired) electrons. The zero-order valence-electron chi connectivity index (χ0n) is 22.5. The van der Waals surface area contributed by atoms with E-state index in [9.17, 15) is 4.79 Å². The summed E-state index contributed by atoms with van der Waals surface area (Å²) in [4.78, 5) is 30.9. The second-order valence-corrected chi connectivity index (χ2v) is 10.6. The molecular weight excluding hydrogens is 622 g/mol. The highest BCUT2D eigenvalue weighted by Crippen LogP contribution is 2.31. The molecule has 1 fully saturated rings. The van der Waals surface area contributed by atoms with E-state index in [4.69, 9.17) is 38.0 Å². The fourth-order valence-electron chi connectivity index (χ4n) is 4.67. The Morgan fingerprint density at radius 1 is 1.00 bits per heavy atom. The highest BCUT2D eigenvalue weighted by atomic mass is 35.5. The number of aliphatic carboxylic acids is 1. The first-order valence-corrected chi connectivity index (χ1v) is 13.7. The first-order valence-electron chi connectivity index (χ1n) is 12.9. The van der Waals surface area contributed by atoms with Gasteiger partial charge in [-0.3, -0.25) is 14.7 Å². The Hall–Kier alpha value is -3.21. The zero-order valence-corrected chi connectivity index (χ0v) is 25.6. The Morgan fingerprint density at radius 3 is 2.36 bits per heavy atom. The Labute approximate surface area is 266 Å². The number of ether oxygens (including phenoxy) is 1. The second-order valence-electron chi connectivity index (χ2n) is 9.73. The van der Waals surface area contributed by atoms with E-state index in [1.165, 1.54) is 0 Å². The number of likely N-dealkylation sites (tertiary alicyclic amines) is 1. The molecule has 0 saturated carbocycles. The van der Waals surface area contributed by atoms with Crippen molar-refractivity contribution in [2.24, 2.45) is 5.92 Å². The van der Waals surface area contributed by atoms with Gasteiger partial charge in [0, 0.05) is 53.6 Å². The van der Waals surface area contributed by atoms with E-state index in [1.54, 1.807) is 30.9 Å². The molecule has 0 amide bonds. The number of benzene rings is 1. The molecule has 42 heavy (non-hydrogen) atoms. The fourth-order valence-corrected chi connectivity index (χ4v) is 5.20. The Bertz CT molecular complexity index is 1440. The number of carbonyl (C=O) groups is 1. The topological polar surface area (TPSA) is 113 Å². The summed E-state index contributed by atoms with van der Waals surface area (Å²) in [5.74, 6) is 0.792. The third-order valence-electron chi connectivity index (χ3n) is 6.62. The molecule has 0 unspecified atom stereocenters. The molecule has 4 heterocycles. The van der Waals surface area contributed by atoms with Crippen molar-refractivity contribution < 1.29 is 14.6 Å². The van der Waals surface area contributed by atoms with Crippen molar-refractivity contribution in [2.45, 2.75) is 32.4 Å². The summed E-state index contributed by atoms with van der Waals surface area (Å²) in [7, 11) is 0. The fraction of sp³-hybridized carbons (Fsp3) is 0.276. The van der Waals surface area contributed by atoms with Gasteiger partial charge in [-0.05, 0) is 73.3 Å². The van der Waals surface area contributed by atoms with Crippen LogP contribution in [0.3, 0.4) is 0 Å². The number of carboxylic acids is 1. The lowest BCUT2D eigenvalue weighted by atomic mass is 9.93. The van der Waals surface area contributed by atoms with Crippen LogP contribution < -0.4 is 10.1 Å². The van der Waals surface area contributed by atoms with Crippen molar-refractivity contribution in [1.29, 1.82) is 0 Å². The van der Waals surface area contributed by atoms with Gasteiger partial charge in [0.1, 0.15) is 0 Å². The van der Waals surface area contributed by atoms with Gasteiger partial charge in [-0.15, -0.1) is 24.8 Å². The van der Waals surface area contributed by atoms with Gasteiger partial charge in [0.15, 0.2) is 5.75 Å². The van der Waals surface area contributed by atoms with Crippen molar-refractivity contribution in [2.75, 3.05) is 18.4 Å². The number of hydrogen-bond acceptors (Lipinski definition) is 8. The van der Waals surface area contributed by atoms with Gasteiger partial charge in [0.2, 0.25) is 11.8 Å². The van der Waals surface area contributed by atoms with E-state index in [1.807, 2.05) is 36.4 Å². The number of carboxylic acid groups (broad SMARTS) is 1. The monoisotopic (exact) mass is 650 g/mol. The third-order valence-corrected chi connectivity index (χ3v) is 7.06. The molecule has 1 aliphatic heterocycles. The molecule has 222 valence electrons. The number of halogens is 4. The number of piperidine rings is 1. The van der Waals surface area contributed by atoms with Crippen LogP contribution in [-0.4, -0.2) is 49.0 Å². The summed E-state index contributed by atoms with van der Waals surface area (Å²) >= 11 is 12.5. The van der Waals surface area contributed by atoms with Crippen molar-refractivity contribution in [3.63, 3.8) is 0 Å². The predicted octanol–water partition coefficient (Wildman–Crippen LogP) is 7.18. The molecule has 5 rings (SSSR count). The maximum absolute atomic E-state index is 11.1. The number of nitrogens with zero attached hydrogens (tertiary/aromatic N) is 5. The Morgan fingerprint density at radius 2 is 1.71 bits per heavy atom. The van der Waals surface area contributed by atoms with Gasteiger partial charge < -0.3 is 15.2 Å². The summed E-state index contributed by atoms with van der Waals surface area (Å²) in [5.41, 5.74) is 3.47. The minimum atomic E-state index is -0.736. The van der Waals surface area contributed by atoms with Crippen molar-refractivity contribution >= 4 is 59.9 Å². The normalized spacial score (nSPS) is 13.5. The van der Waals surface area contributed by atoms with Crippen LogP contribution in [0.25, 0.3) is 11.3 Å². The molecule has 4 aromatic rings. The van der Waals surface area contributed by atoms with Crippen molar-refractivity contribution in [3.8, 4) is 22.9 Å². The van der Waals surface area contributed by atoms with Crippen LogP contribution in [0.1, 0.15) is 30.4 Å². The Kier molecular flexibility index (Phi) is 12.6. The van der Waals surface area contributed by atoms with Crippen LogP contribution in [0.15, 0.2) is 67.3 Å². The third kappa shape index (κ3) is 9.68. The van der Waals surface area contributed by atoms with Crippen molar-refractivity contribution in [3.05, 3.63) is 88.4 Å². The summed E-state index contributed by atoms with van der Waals surface area (Å²) in [6, 6.07) is 13.0. The number of rotatable bonds is 10. The maximum atomic E-state index is 11.1. The average Bonchev–Trinajstić information content (AvgIpc) is 2.93. The lowest BCUT2D eigenvalue weighted by Gasteiger charge is -2.31. The first kappa shape index (κ1) is 33.3. The smallest absolute Gasteiger partial charge is 0.303 e. The van der Waals surface area contributed by atoms with Crippen LogP contribution in [0.2, 0.25) is 10.0 Å². The number of aromatic nitrogens is 4. The molecular formula is C29H30Cl4N6O3. The quantitative estimate of drug-likeness (QED) is 0.184. The molecule has 1 aromatic carbocycles. The molecule has 2 N–H and O–H groups in total. The van der Waals surface area contributed by atoms with Crippen LogP contribution in [-0.2, 0) is 17.9 Å². The molecule has 0 bridgehead atoms. The number of anilines is 1. The highest BCUT2D eigenvalue weighted by molar-refractivity contribution is 6.35. The van der Waals surface area contributed by atoms with Crippen LogP contribution in [0, 0.1) is 5.92 Å². The van der Waals surface area contributed by atoms with E-state index >= 15 is 0 Å². The lowest BCUT2D eigenvalue weighted by molar-refractivity contribution is -0.138. The number of nitrogens with one attached hydrogen (secondary N) is 1. The van der Waals surface area contributed by atoms with Gasteiger partial charge in [0.25, 0.3) is 0 Å². The standard InChI is InChI=1S/C29H28Cl2N6O3.2ClH/c30-23-11-22(12-24(31)13-23)26-8-21(18-37-6-3-19(4-7-37)10-28(38)39)9-27(36-26)40-25-16-34-29(35-17-25)33-15-20-2-1-5-32-14-20;;/h1-2,5,8-9,11-14,16-17,19H,3-4,6-7,10,15,18H2,(H,38,39)(H,33,34,35);2*1H. The van der Waals surface area contributed by atoms with Gasteiger partial charge in [-0.25, -0.2) is 15.0 Å². The second kappa shape index (κ2) is 15.9. The first-order chi connectivity index (χ1) is 19.4. The lowest BCUT2D eigenvalue weighted by Crippen LogP contribution is -2.33. The van der Waals surface area contributed by atoms with Gasteiger partial charge in [0.05, 0.1) is 18.1 Å². The largest absolute Gasteiger partial charge is 0.481 e. The van der Waals surface area contributed by atoms with E-state index in [0.29, 0.717) is 46.4 Å². The number of pyridine rings is 2. The molecule has 3 aromatic heterocycles. The van der Waals surface area contributed by atoms with Gasteiger partial charge in [-0.1, -0.05) is 29.3 Å². The summed E-state index contributed by atoms with van der Waals surface area (Å²) < 4.78 is 6.09. The summed E-state index contributed by atoms with van der Waals surface area (Å²) in [6.07, 6.45) is 8.64. The Balaban J connectivity index is 0.00000242. The van der Waals surface area contributed by atoms with Crippen LogP contribution in [0.4, 0.5) is 5.95 Å². The van der Waals surface area contributed by atoms with Crippen molar-refractivity contribution in [1.82, 2.24) is 24.8 Å². The summed E-state index contributed by atoms with van der Waals surface area (Å²) in [6.45, 7) is 2.89. The molecule has 1 aliphatic rings. The average molecular weight is 652 g/mol. The molecule has 1 saturated heterocycles. The molecule has 0 aliphatic carbocycles. The van der Waals surface area contributed by atoms with Gasteiger partial charge in [-0.2, -0.15) is 0 Å². The molecule has 9 nitrogen and oxygen atoms in total. The van der Waals surface area contributed by atoms with E-state index in [0.717, 1.165) is 42.6 Å². The van der Waals surface area contributed by atoms with Gasteiger partial charge >= 0.3 is 5.97 Å². The molecule has 13 heteroatoms. The minimum Gasteiger partial charge on any atom is -0.481 e. The van der Waals surface area contributed by atoms with E-state index < -0.39 is 5.97 Å². The predicted molar refractivity (Wildman–Crippen MR) is 168 cm³/mol. The van der Waals surface area contributed by atoms with Crippen LogP contribution >= 0.6 is 48.0 Å². The highest BCUT2D eigenvalue weighted by Gasteiger charge is 2.22. The van der Waals surface area contributed by atoms with E-state index in [2.05, 4.69) is 25.2 Å². The van der Waals surface area contributed by atoms with E-state index in [-0.39, 0.29) is 37.2 Å².